The number of hydrogen-bond acceptors (Lipinski definition) is 4. The van der Waals surface area contributed by atoms with E-state index in [2.05, 4.69) is 17.1 Å². The molecule has 2 aromatic heterocycles. The number of aliphatic hydroxyl groups excluding tert-OH is 1. The van der Waals surface area contributed by atoms with Crippen molar-refractivity contribution < 1.29 is 23.1 Å². The Morgan fingerprint density at radius 3 is 2.57 bits per heavy atom. The lowest BCUT2D eigenvalue weighted by Gasteiger charge is -2.14. The highest BCUT2D eigenvalue weighted by atomic mass is 19.4. The van der Waals surface area contributed by atoms with E-state index in [1.54, 1.807) is 11.4 Å². The molecule has 0 bridgehead atoms. The summed E-state index contributed by atoms with van der Waals surface area (Å²) in [6.45, 7) is 0.270. The summed E-state index contributed by atoms with van der Waals surface area (Å²) in [7, 11) is 0. The van der Waals surface area contributed by atoms with Gasteiger partial charge in [-0.2, -0.15) is 13.2 Å². The van der Waals surface area contributed by atoms with Gasteiger partial charge in [-0.05, 0) is 66.1 Å². The summed E-state index contributed by atoms with van der Waals surface area (Å²) in [5.74, 6) is -0.456. The number of hydrogen-bond donors (Lipinski definition) is 2. The van der Waals surface area contributed by atoms with Gasteiger partial charge in [0.2, 0.25) is 5.43 Å². The number of nitrogens with one attached hydrogen (secondary N) is 1. The number of rotatable bonds is 6. The van der Waals surface area contributed by atoms with Crippen LogP contribution in [-0.2, 0) is 0 Å². The molecule has 1 amide bonds. The van der Waals surface area contributed by atoms with E-state index < -0.39 is 29.6 Å². The summed E-state index contributed by atoms with van der Waals surface area (Å²) in [4.78, 5) is 29.7. The van der Waals surface area contributed by atoms with Crippen molar-refractivity contribution in [3.8, 4) is 16.8 Å². The Hall–Kier alpha value is -3.98. The molecular weight excluding hydrogens is 483 g/mol. The molecule has 0 spiro atoms. The van der Waals surface area contributed by atoms with Gasteiger partial charge < -0.3 is 15.0 Å². The molecule has 2 aromatic carbocycles. The Morgan fingerprint density at radius 2 is 1.89 bits per heavy atom. The number of carbonyl (C=O) groups is 1. The zero-order valence-electron chi connectivity index (χ0n) is 19.9. The minimum Gasteiger partial charge on any atom is -0.393 e. The van der Waals surface area contributed by atoms with E-state index in [1.807, 2.05) is 37.3 Å². The average Bonchev–Trinajstić information content (AvgIpc) is 3.69. The number of nitrogens with zero attached hydrogens (tertiary/aromatic N) is 2. The monoisotopic (exact) mass is 507 g/mol. The van der Waals surface area contributed by atoms with E-state index in [9.17, 15) is 27.9 Å². The first-order chi connectivity index (χ1) is 17.6. The minimum atomic E-state index is -4.60. The molecule has 0 saturated heterocycles. The first kappa shape index (κ1) is 24.7. The maximum atomic E-state index is 12.9. The van der Waals surface area contributed by atoms with Crippen LogP contribution in [0, 0.1) is 5.92 Å². The van der Waals surface area contributed by atoms with Crippen molar-refractivity contribution in [2.45, 2.75) is 31.5 Å². The third-order valence-corrected chi connectivity index (χ3v) is 6.71. The van der Waals surface area contributed by atoms with Gasteiger partial charge in [-0.1, -0.05) is 36.4 Å². The largest absolute Gasteiger partial charge is 0.405 e. The van der Waals surface area contributed by atoms with Crippen LogP contribution in [-0.4, -0.2) is 39.4 Å². The van der Waals surface area contributed by atoms with Crippen LogP contribution in [0.25, 0.3) is 27.8 Å². The highest BCUT2D eigenvalue weighted by Gasteiger charge is 2.41. The Morgan fingerprint density at radius 1 is 1.14 bits per heavy atom. The molecule has 5 rings (SSSR count). The van der Waals surface area contributed by atoms with E-state index in [1.165, 1.54) is 34.7 Å². The number of amides is 1. The Labute approximate surface area is 210 Å². The normalized spacial score (nSPS) is 18.0. The van der Waals surface area contributed by atoms with Crippen molar-refractivity contribution in [1.29, 1.82) is 0 Å². The number of aliphatic hydroxyl groups is 1. The molecule has 4 aromatic rings. The second-order valence-electron chi connectivity index (χ2n) is 9.33. The van der Waals surface area contributed by atoms with Crippen molar-refractivity contribution in [3.05, 3.63) is 94.4 Å². The minimum absolute atomic E-state index is 0.119. The second kappa shape index (κ2) is 9.48. The Balaban J connectivity index is 1.52. The molecule has 37 heavy (non-hydrogen) atoms. The van der Waals surface area contributed by atoms with Crippen LogP contribution in [0.5, 0.6) is 0 Å². The van der Waals surface area contributed by atoms with Crippen LogP contribution in [0.1, 0.15) is 35.2 Å². The molecule has 0 aliphatic heterocycles. The topological polar surface area (TPSA) is 84.2 Å². The van der Waals surface area contributed by atoms with Gasteiger partial charge in [0.1, 0.15) is 17.8 Å². The molecule has 1 saturated carbocycles. The summed E-state index contributed by atoms with van der Waals surface area (Å²) >= 11 is 0. The molecular formula is C28H24F3N3O3. The van der Waals surface area contributed by atoms with Crippen LogP contribution >= 0.6 is 0 Å². The lowest BCUT2D eigenvalue weighted by Crippen LogP contribution is -2.36. The van der Waals surface area contributed by atoms with E-state index in [-0.39, 0.29) is 23.1 Å². The summed E-state index contributed by atoms with van der Waals surface area (Å²) in [5, 5.41) is 11.7. The molecule has 2 N–H and O–H groups in total. The third-order valence-electron chi connectivity index (χ3n) is 6.71. The van der Waals surface area contributed by atoms with Gasteiger partial charge in [0.15, 0.2) is 0 Å². The van der Waals surface area contributed by atoms with E-state index in [4.69, 9.17) is 0 Å². The summed E-state index contributed by atoms with van der Waals surface area (Å²) < 4.78 is 39.5. The molecule has 1 aliphatic rings. The predicted octanol–water partition coefficient (Wildman–Crippen LogP) is 4.83. The number of fused-ring (bicyclic) bond motifs is 1. The Kier molecular flexibility index (Phi) is 6.33. The zero-order valence-corrected chi connectivity index (χ0v) is 19.9. The standard InChI is InChI=1S/C28H24F3N3O3/c1-16(35)22-13-23(22)18-9-7-17(8-10-18)19-4-2-5-20(12-19)34-14-24(27(37)33-15-28(29,30)31)25(36)21-6-3-11-32-26(21)34/h2-12,14,16,22-23,35H,13,15H2,1H3,(H,33,37). The number of carbonyl (C=O) groups excluding carboxylic acids is 1. The molecule has 3 atom stereocenters. The van der Waals surface area contributed by atoms with Crippen molar-refractivity contribution in [2.75, 3.05) is 6.54 Å². The van der Waals surface area contributed by atoms with Gasteiger partial charge in [0.25, 0.3) is 5.91 Å². The number of benzene rings is 2. The predicted molar refractivity (Wildman–Crippen MR) is 134 cm³/mol. The van der Waals surface area contributed by atoms with E-state index in [0.717, 1.165) is 17.5 Å². The number of halogens is 3. The third kappa shape index (κ3) is 5.13. The molecule has 190 valence electrons. The SMILES string of the molecule is CC(O)C1CC1c1ccc(-c2cccc(-n3cc(C(=O)NCC(F)(F)F)c(=O)c4cccnc43)c2)cc1. The maximum absolute atomic E-state index is 12.9. The number of aromatic nitrogens is 2. The van der Waals surface area contributed by atoms with Gasteiger partial charge in [-0.15, -0.1) is 0 Å². The lowest BCUT2D eigenvalue weighted by atomic mass is 10.0. The van der Waals surface area contributed by atoms with Crippen LogP contribution in [0.4, 0.5) is 13.2 Å². The van der Waals surface area contributed by atoms with Crippen LogP contribution in [0.15, 0.2) is 77.9 Å². The van der Waals surface area contributed by atoms with E-state index >= 15 is 0 Å². The van der Waals surface area contributed by atoms with Crippen molar-refractivity contribution in [2.24, 2.45) is 5.92 Å². The fourth-order valence-electron chi connectivity index (χ4n) is 4.68. The van der Waals surface area contributed by atoms with Crippen molar-refractivity contribution in [1.82, 2.24) is 14.9 Å². The van der Waals surface area contributed by atoms with Crippen LogP contribution < -0.4 is 10.7 Å². The fraction of sp³-hybridized carbons (Fsp3) is 0.250. The molecule has 9 heteroatoms. The average molecular weight is 508 g/mol. The molecule has 3 unspecified atom stereocenters. The molecule has 0 radical (unpaired) electrons. The van der Waals surface area contributed by atoms with Crippen LogP contribution in [0.3, 0.4) is 0 Å². The second-order valence-corrected chi connectivity index (χ2v) is 9.33. The van der Waals surface area contributed by atoms with E-state index in [0.29, 0.717) is 11.6 Å². The maximum Gasteiger partial charge on any atom is 0.405 e. The number of alkyl halides is 3. The van der Waals surface area contributed by atoms with Gasteiger partial charge in [-0.3, -0.25) is 9.59 Å². The number of pyridine rings is 2. The summed E-state index contributed by atoms with van der Waals surface area (Å²) in [6.07, 6.45) is -1.23. The fourth-order valence-corrected chi connectivity index (χ4v) is 4.68. The first-order valence-corrected chi connectivity index (χ1v) is 11.9. The summed E-state index contributed by atoms with van der Waals surface area (Å²) in [6, 6.07) is 18.5. The quantitative estimate of drug-likeness (QED) is 0.392. The Bertz CT molecular complexity index is 1530. The first-order valence-electron chi connectivity index (χ1n) is 11.9. The van der Waals surface area contributed by atoms with Gasteiger partial charge in [-0.25, -0.2) is 4.98 Å². The smallest absolute Gasteiger partial charge is 0.393 e. The van der Waals surface area contributed by atoms with Crippen molar-refractivity contribution in [3.63, 3.8) is 0 Å². The highest BCUT2D eigenvalue weighted by Crippen LogP contribution is 2.49. The molecule has 1 aliphatic carbocycles. The van der Waals surface area contributed by atoms with Gasteiger partial charge in [0, 0.05) is 18.1 Å². The zero-order chi connectivity index (χ0) is 26.3. The van der Waals surface area contributed by atoms with Gasteiger partial charge >= 0.3 is 6.18 Å². The highest BCUT2D eigenvalue weighted by molar-refractivity contribution is 5.97. The van der Waals surface area contributed by atoms with Crippen molar-refractivity contribution >= 4 is 16.9 Å². The molecule has 1 fully saturated rings. The summed E-state index contributed by atoms with van der Waals surface area (Å²) in [5.41, 5.74) is 2.77. The van der Waals surface area contributed by atoms with Crippen LogP contribution in [0.2, 0.25) is 0 Å². The molecule has 6 nitrogen and oxygen atoms in total. The lowest BCUT2D eigenvalue weighted by molar-refractivity contribution is -0.123. The molecule has 2 heterocycles. The van der Waals surface area contributed by atoms with Gasteiger partial charge in [0.05, 0.1) is 11.5 Å².